The first kappa shape index (κ1) is 39.7. The Morgan fingerprint density at radius 2 is 1.80 bits per heavy atom. The Labute approximate surface area is 329 Å². The summed E-state index contributed by atoms with van der Waals surface area (Å²) < 4.78 is 34.7. The molecule has 4 aliphatic rings. The number of benzene rings is 2. The highest BCUT2D eigenvalue weighted by Crippen LogP contribution is 2.63. The predicted octanol–water partition coefficient (Wildman–Crippen LogP) is 7.45. The molecule has 2 aliphatic carbocycles. The van der Waals surface area contributed by atoms with Crippen LogP contribution < -0.4 is 14.2 Å². The Hall–Kier alpha value is -4.49. The lowest BCUT2D eigenvalue weighted by Gasteiger charge is -2.58. The largest absolute Gasteiger partial charge is 0.490 e. The molecule has 0 radical (unpaired) electrons. The van der Waals surface area contributed by atoms with Crippen molar-refractivity contribution in [3.63, 3.8) is 0 Å². The van der Waals surface area contributed by atoms with E-state index in [0.29, 0.717) is 50.7 Å². The molecule has 0 amide bonds. The van der Waals surface area contributed by atoms with Crippen LogP contribution in [0.25, 0.3) is 0 Å². The molecule has 7 atom stereocenters. The molecule has 12 nitrogen and oxygen atoms in total. The summed E-state index contributed by atoms with van der Waals surface area (Å²) in [5.41, 5.74) is 3.82. The topological polar surface area (TPSA) is 139 Å². The van der Waals surface area contributed by atoms with Gasteiger partial charge in [-0.1, -0.05) is 78.3 Å². The van der Waals surface area contributed by atoms with Crippen LogP contribution >= 0.6 is 0 Å². The third-order valence-electron chi connectivity index (χ3n) is 11.5. The number of aliphatic hydroxyl groups excluding tert-OH is 2. The zero-order valence-electron chi connectivity index (χ0n) is 32.3. The molecule has 0 bridgehead atoms. The number of aliphatic hydroxyl groups is 2. The average molecular weight is 769 g/mol. The first-order valence-electron chi connectivity index (χ1n) is 20.3. The SMILES string of the molecule is C=CCOc1ccc2c(c1)C1C(CCCCO)C(CCCCO)C=C3C(=NOCc4ccccc4)CC(n4nncc4OC4CCCCO4)C(OCC=C)(O2)C31. The van der Waals surface area contributed by atoms with Crippen molar-refractivity contribution in [1.29, 1.82) is 0 Å². The van der Waals surface area contributed by atoms with Gasteiger partial charge in [-0.3, -0.25) is 0 Å². The van der Waals surface area contributed by atoms with Gasteiger partial charge in [0.2, 0.25) is 18.0 Å². The first-order valence-corrected chi connectivity index (χ1v) is 20.3. The molecule has 2 N–H and O–H groups in total. The van der Waals surface area contributed by atoms with E-state index in [1.807, 2.05) is 42.5 Å². The van der Waals surface area contributed by atoms with Crippen molar-refractivity contribution >= 4 is 5.71 Å². The Balaban J connectivity index is 1.41. The third-order valence-corrected chi connectivity index (χ3v) is 11.5. The molecule has 3 aromatic rings. The van der Waals surface area contributed by atoms with Gasteiger partial charge in [0, 0.05) is 37.5 Å². The Kier molecular flexibility index (Phi) is 13.6. The van der Waals surface area contributed by atoms with Gasteiger partial charge in [0.15, 0.2) is 0 Å². The van der Waals surface area contributed by atoms with Crippen LogP contribution in [0.15, 0.2) is 96.8 Å². The van der Waals surface area contributed by atoms with Gasteiger partial charge >= 0.3 is 0 Å². The molecule has 2 aromatic carbocycles. The lowest BCUT2D eigenvalue weighted by molar-refractivity contribution is -0.253. The van der Waals surface area contributed by atoms with E-state index in [-0.39, 0.29) is 43.5 Å². The van der Waals surface area contributed by atoms with E-state index in [1.165, 1.54) is 0 Å². The van der Waals surface area contributed by atoms with Crippen LogP contribution in [0.1, 0.15) is 87.3 Å². The van der Waals surface area contributed by atoms with Gasteiger partial charge < -0.3 is 38.7 Å². The van der Waals surface area contributed by atoms with Crippen molar-refractivity contribution in [2.24, 2.45) is 22.9 Å². The van der Waals surface area contributed by atoms with E-state index < -0.39 is 18.1 Å². The number of rotatable bonds is 20. The Morgan fingerprint density at radius 1 is 0.982 bits per heavy atom. The average Bonchev–Trinajstić information content (AvgIpc) is 3.69. The fraction of sp³-hybridized carbons (Fsp3) is 0.523. The standard InChI is InChI=1S/C44H56N4O8/c1-3-23-51-33-19-20-38-36(27-33)42-34(17-9-12-22-50)32(16-8-11-21-49)26-35-37(46-54-30-31-14-6-5-7-15-31)28-39(44(56-38,43(35)42)53-24-4-2)48-40(29-45-47-48)55-41-18-10-13-25-52-41/h3-7,14-15,19-20,26-27,29,32,34,39,41-43,49-50H,1-2,8-13,16-18,21-25,28,30H2. The lowest BCUT2D eigenvalue weighted by atomic mass is 9.55. The number of hydrogen-bond acceptors (Lipinski definition) is 11. The Morgan fingerprint density at radius 3 is 2.57 bits per heavy atom. The summed E-state index contributed by atoms with van der Waals surface area (Å²) in [4.78, 5) is 6.20. The molecule has 0 spiro atoms. The van der Waals surface area contributed by atoms with E-state index >= 15 is 0 Å². The summed E-state index contributed by atoms with van der Waals surface area (Å²) in [6, 6.07) is 15.4. The molecule has 3 heterocycles. The number of ether oxygens (including phenoxy) is 5. The fourth-order valence-corrected chi connectivity index (χ4v) is 9.05. The third kappa shape index (κ3) is 8.58. The summed E-state index contributed by atoms with van der Waals surface area (Å²) >= 11 is 0. The van der Waals surface area contributed by atoms with Crippen LogP contribution in [0, 0.1) is 17.8 Å². The maximum atomic E-state index is 9.92. The highest BCUT2D eigenvalue weighted by molar-refractivity contribution is 6.02. The van der Waals surface area contributed by atoms with Gasteiger partial charge in [-0.25, -0.2) is 4.68 Å². The fourth-order valence-electron chi connectivity index (χ4n) is 9.05. The molecule has 2 aliphatic heterocycles. The van der Waals surface area contributed by atoms with Gasteiger partial charge in [-0.05, 0) is 79.7 Å². The highest BCUT2D eigenvalue weighted by Gasteiger charge is 2.65. The number of allylic oxidation sites excluding steroid dienone is 1. The first-order chi connectivity index (χ1) is 27.6. The number of fused-ring (bicyclic) bond motifs is 2. The van der Waals surface area contributed by atoms with Gasteiger partial charge in [0.1, 0.15) is 37.0 Å². The highest BCUT2D eigenvalue weighted by atomic mass is 16.7. The monoisotopic (exact) mass is 768 g/mol. The van der Waals surface area contributed by atoms with Crippen LogP contribution in [0.2, 0.25) is 0 Å². The Bertz CT molecular complexity index is 1810. The van der Waals surface area contributed by atoms with Gasteiger partial charge in [-0.15, -0.1) is 11.7 Å². The maximum Gasteiger partial charge on any atom is 0.241 e. The maximum absolute atomic E-state index is 9.92. The van der Waals surface area contributed by atoms with Crippen molar-refractivity contribution in [2.75, 3.05) is 33.0 Å². The minimum atomic E-state index is -1.30. The van der Waals surface area contributed by atoms with Crippen LogP contribution in [0.5, 0.6) is 17.4 Å². The van der Waals surface area contributed by atoms with Crippen LogP contribution in [-0.2, 0) is 20.9 Å². The van der Waals surface area contributed by atoms with Crippen molar-refractivity contribution < 1.29 is 38.7 Å². The van der Waals surface area contributed by atoms with Gasteiger partial charge in [-0.2, -0.15) is 0 Å². The molecule has 300 valence electrons. The number of nitrogens with zero attached hydrogens (tertiary/aromatic N) is 4. The van der Waals surface area contributed by atoms with Gasteiger partial charge in [0.25, 0.3) is 0 Å². The van der Waals surface area contributed by atoms with E-state index in [2.05, 4.69) is 35.6 Å². The quantitative estimate of drug-likeness (QED) is 0.0677. The smallest absolute Gasteiger partial charge is 0.241 e. The number of hydrogen-bond donors (Lipinski definition) is 2. The molecule has 1 saturated heterocycles. The summed E-state index contributed by atoms with van der Waals surface area (Å²) in [7, 11) is 0. The van der Waals surface area contributed by atoms with Gasteiger partial charge in [0.05, 0.1) is 24.8 Å². The number of oxime groups is 1. The zero-order valence-corrected chi connectivity index (χ0v) is 32.3. The van der Waals surface area contributed by atoms with E-state index in [9.17, 15) is 10.2 Å². The molecule has 1 aromatic heterocycles. The summed E-state index contributed by atoms with van der Waals surface area (Å²) in [5.74, 6) is 0.353. The second kappa shape index (κ2) is 19.1. The van der Waals surface area contributed by atoms with Crippen molar-refractivity contribution in [3.8, 4) is 17.4 Å². The summed E-state index contributed by atoms with van der Waals surface area (Å²) in [6.45, 7) is 9.67. The van der Waals surface area contributed by atoms with E-state index in [0.717, 1.165) is 73.1 Å². The summed E-state index contributed by atoms with van der Waals surface area (Å²) in [6.07, 6.45) is 15.0. The van der Waals surface area contributed by atoms with E-state index in [4.69, 9.17) is 33.7 Å². The minimum absolute atomic E-state index is 0.120. The normalized spacial score (nSPS) is 27.3. The molecular weight excluding hydrogens is 713 g/mol. The number of unbranched alkanes of at least 4 members (excludes halogenated alkanes) is 2. The van der Waals surface area contributed by atoms with Crippen molar-refractivity contribution in [2.45, 2.75) is 94.9 Å². The second-order valence-electron chi connectivity index (χ2n) is 15.1. The van der Waals surface area contributed by atoms with Crippen molar-refractivity contribution in [1.82, 2.24) is 15.0 Å². The summed E-state index contributed by atoms with van der Waals surface area (Å²) in [5, 5.41) is 33.7. The molecule has 56 heavy (non-hydrogen) atoms. The lowest BCUT2D eigenvalue weighted by Crippen LogP contribution is -2.63. The van der Waals surface area contributed by atoms with Crippen LogP contribution in [-0.4, -0.2) is 76.0 Å². The van der Waals surface area contributed by atoms with E-state index in [1.54, 1.807) is 23.0 Å². The minimum Gasteiger partial charge on any atom is -0.490 e. The molecule has 2 fully saturated rings. The number of aromatic nitrogens is 3. The van der Waals surface area contributed by atoms with Crippen LogP contribution in [0.3, 0.4) is 0 Å². The molecular formula is C44H56N4O8. The predicted molar refractivity (Wildman–Crippen MR) is 211 cm³/mol. The van der Waals surface area contributed by atoms with Crippen molar-refractivity contribution in [3.05, 3.63) is 103 Å². The second-order valence-corrected chi connectivity index (χ2v) is 15.1. The molecule has 12 heteroatoms. The zero-order chi connectivity index (χ0) is 38.7. The molecule has 7 rings (SSSR count). The van der Waals surface area contributed by atoms with Crippen LogP contribution in [0.4, 0.5) is 0 Å². The molecule has 7 unspecified atom stereocenters. The molecule has 1 saturated carbocycles.